The molecule has 1 atom stereocenters. The Kier molecular flexibility index (Phi) is 7.97. The number of ether oxygens (including phenoxy) is 2. The van der Waals surface area contributed by atoms with Crippen molar-refractivity contribution >= 4 is 23.4 Å². The van der Waals surface area contributed by atoms with Crippen LogP contribution in [0.25, 0.3) is 0 Å². The maximum Gasteiger partial charge on any atom is 0.416 e. The van der Waals surface area contributed by atoms with Gasteiger partial charge in [-0.2, -0.15) is 13.2 Å². The topological polar surface area (TPSA) is 50.8 Å². The fraction of sp³-hybridized carbons (Fsp3) is 0.375. The highest BCUT2D eigenvalue weighted by Crippen LogP contribution is 2.34. The molecule has 0 radical (unpaired) electrons. The van der Waals surface area contributed by atoms with Gasteiger partial charge in [0.15, 0.2) is 6.61 Å². The number of alkyl halides is 3. The van der Waals surface area contributed by atoms with Crippen LogP contribution in [-0.2, 0) is 15.7 Å². The fourth-order valence-corrected chi connectivity index (χ4v) is 4.70. The van der Waals surface area contributed by atoms with Gasteiger partial charge in [-0.3, -0.25) is 5.01 Å². The van der Waals surface area contributed by atoms with Crippen molar-refractivity contribution in [3.05, 3.63) is 64.9 Å². The predicted molar refractivity (Wildman–Crippen MR) is 123 cm³/mol. The second-order valence-electron chi connectivity index (χ2n) is 7.65. The molecule has 0 fully saturated rings. The average molecular weight is 481 g/mol. The number of nitrogens with one attached hydrogen (secondary N) is 1. The van der Waals surface area contributed by atoms with Crippen LogP contribution >= 0.6 is 11.8 Å². The third-order valence-corrected chi connectivity index (χ3v) is 6.33. The van der Waals surface area contributed by atoms with Crippen molar-refractivity contribution in [3.63, 3.8) is 0 Å². The molecule has 1 unspecified atom stereocenters. The van der Waals surface area contributed by atoms with Gasteiger partial charge in [-0.15, -0.1) is 11.8 Å². The normalized spacial score (nSPS) is 16.3. The number of anilines is 1. The van der Waals surface area contributed by atoms with Crippen LogP contribution in [0.5, 0.6) is 5.75 Å². The second kappa shape index (κ2) is 10.5. The van der Waals surface area contributed by atoms with Gasteiger partial charge >= 0.3 is 12.1 Å². The zero-order chi connectivity index (χ0) is 24.2. The van der Waals surface area contributed by atoms with E-state index in [2.05, 4.69) is 5.43 Å². The number of carbonyl (C=O) groups excluding carboxylic acids is 1. The van der Waals surface area contributed by atoms with Crippen LogP contribution in [0.1, 0.15) is 31.9 Å². The highest BCUT2D eigenvalue weighted by Gasteiger charge is 2.31. The third kappa shape index (κ3) is 6.23. The lowest BCUT2D eigenvalue weighted by Crippen LogP contribution is -2.35. The van der Waals surface area contributed by atoms with E-state index in [0.29, 0.717) is 18.0 Å². The van der Waals surface area contributed by atoms with Gasteiger partial charge in [0.25, 0.3) is 0 Å². The van der Waals surface area contributed by atoms with Crippen molar-refractivity contribution in [3.8, 4) is 5.75 Å². The maximum atomic E-state index is 12.9. The number of hydrogen-bond acceptors (Lipinski definition) is 6. The summed E-state index contributed by atoms with van der Waals surface area (Å²) in [4.78, 5) is 12.5. The molecule has 9 heteroatoms. The molecule has 0 saturated carbocycles. The van der Waals surface area contributed by atoms with Crippen LogP contribution in [0, 0.1) is 6.92 Å². The number of nitrogens with zero attached hydrogens (tertiary/aromatic N) is 1. The molecular formula is C24H27F3N2O3S. The molecule has 2 aromatic rings. The summed E-state index contributed by atoms with van der Waals surface area (Å²) in [5.41, 5.74) is 6.37. The summed E-state index contributed by atoms with van der Waals surface area (Å²) in [7, 11) is 0. The smallest absolute Gasteiger partial charge is 0.416 e. The number of halogens is 3. The highest BCUT2D eigenvalue weighted by molar-refractivity contribution is 7.99. The van der Waals surface area contributed by atoms with Crippen molar-refractivity contribution in [2.24, 2.45) is 0 Å². The summed E-state index contributed by atoms with van der Waals surface area (Å²) in [5.74, 6) is 0.949. The van der Waals surface area contributed by atoms with E-state index in [9.17, 15) is 18.0 Å². The average Bonchev–Trinajstić information content (AvgIpc) is 3.04. The summed E-state index contributed by atoms with van der Waals surface area (Å²) in [6.07, 6.45) is -4.35. The SMILES string of the molecule is CCOC(=O)COc1ccc(SCC2=C(C)N(c3ccc(C(F)(F)F)cc3)NC2C)cc1C. The number of carbonyl (C=O) groups is 1. The highest BCUT2D eigenvalue weighted by atomic mass is 32.2. The molecule has 1 aliphatic heterocycles. The molecule has 0 bridgehead atoms. The van der Waals surface area contributed by atoms with Crippen molar-refractivity contribution < 1.29 is 27.4 Å². The third-order valence-electron chi connectivity index (χ3n) is 5.29. The van der Waals surface area contributed by atoms with Gasteiger partial charge in [-0.05, 0) is 81.3 Å². The maximum absolute atomic E-state index is 12.9. The van der Waals surface area contributed by atoms with Crippen molar-refractivity contribution in [2.45, 2.75) is 44.8 Å². The number of hydrogen-bond donors (Lipinski definition) is 1. The summed E-state index contributed by atoms with van der Waals surface area (Å²) >= 11 is 1.66. The van der Waals surface area contributed by atoms with E-state index in [-0.39, 0.29) is 12.6 Å². The second-order valence-corrected chi connectivity index (χ2v) is 8.70. The van der Waals surface area contributed by atoms with Crippen LogP contribution in [0.15, 0.2) is 58.6 Å². The molecule has 0 saturated heterocycles. The van der Waals surface area contributed by atoms with Gasteiger partial charge in [-0.25, -0.2) is 10.2 Å². The first-order valence-corrected chi connectivity index (χ1v) is 11.5. The Bertz CT molecular complexity index is 1020. The minimum Gasteiger partial charge on any atom is -0.482 e. The lowest BCUT2D eigenvalue weighted by Gasteiger charge is -2.22. The molecule has 0 amide bonds. The fourth-order valence-electron chi connectivity index (χ4n) is 3.50. The molecule has 0 spiro atoms. The van der Waals surface area contributed by atoms with Crippen LogP contribution < -0.4 is 15.2 Å². The van der Waals surface area contributed by atoms with Gasteiger partial charge in [0, 0.05) is 22.4 Å². The van der Waals surface area contributed by atoms with Gasteiger partial charge < -0.3 is 9.47 Å². The van der Waals surface area contributed by atoms with Crippen LogP contribution in [0.3, 0.4) is 0 Å². The standard InChI is InChI=1S/C24H27F3N2O3S/c1-5-31-23(30)13-32-22-11-10-20(12-15(22)2)33-14-21-16(3)28-29(17(21)4)19-8-6-18(7-9-19)24(25,26)27/h6-12,16,28H,5,13-14H2,1-4H3. The number of esters is 1. The molecule has 3 rings (SSSR count). The molecule has 33 heavy (non-hydrogen) atoms. The van der Waals surface area contributed by atoms with Gasteiger partial charge in [0.2, 0.25) is 0 Å². The van der Waals surface area contributed by atoms with E-state index >= 15 is 0 Å². The van der Waals surface area contributed by atoms with Crippen LogP contribution in [0.4, 0.5) is 18.9 Å². The van der Waals surface area contributed by atoms with Crippen LogP contribution in [0.2, 0.25) is 0 Å². The summed E-state index contributed by atoms with van der Waals surface area (Å²) < 4.78 is 49.0. The quantitative estimate of drug-likeness (QED) is 0.384. The Balaban J connectivity index is 1.65. The molecular weight excluding hydrogens is 453 g/mol. The molecule has 0 aliphatic carbocycles. The Morgan fingerprint density at radius 3 is 2.45 bits per heavy atom. The van der Waals surface area contributed by atoms with E-state index in [1.165, 1.54) is 17.7 Å². The van der Waals surface area contributed by atoms with E-state index in [4.69, 9.17) is 9.47 Å². The summed E-state index contributed by atoms with van der Waals surface area (Å²) in [6, 6.07) is 11.0. The molecule has 1 aliphatic rings. The predicted octanol–water partition coefficient (Wildman–Crippen LogP) is 5.74. The zero-order valence-corrected chi connectivity index (χ0v) is 19.8. The number of benzene rings is 2. The first-order chi connectivity index (χ1) is 15.6. The number of rotatable bonds is 8. The number of aryl methyl sites for hydroxylation is 1. The first kappa shape index (κ1) is 25.0. The lowest BCUT2D eigenvalue weighted by atomic mass is 10.1. The Morgan fingerprint density at radius 1 is 1.15 bits per heavy atom. The van der Waals surface area contributed by atoms with E-state index in [1.807, 2.05) is 44.0 Å². The van der Waals surface area contributed by atoms with E-state index < -0.39 is 17.7 Å². The van der Waals surface area contributed by atoms with Crippen LogP contribution in [-0.4, -0.2) is 31.0 Å². The summed E-state index contributed by atoms with van der Waals surface area (Å²) in [5, 5.41) is 1.83. The molecule has 2 aromatic carbocycles. The largest absolute Gasteiger partial charge is 0.482 e. The van der Waals surface area contributed by atoms with E-state index in [1.54, 1.807) is 18.7 Å². The molecule has 1 N–H and O–H groups in total. The van der Waals surface area contributed by atoms with Gasteiger partial charge in [-0.1, -0.05) is 0 Å². The van der Waals surface area contributed by atoms with Gasteiger partial charge in [0.05, 0.1) is 17.9 Å². The lowest BCUT2D eigenvalue weighted by molar-refractivity contribution is -0.145. The van der Waals surface area contributed by atoms with Crippen molar-refractivity contribution in [1.29, 1.82) is 0 Å². The van der Waals surface area contributed by atoms with E-state index in [0.717, 1.165) is 34.0 Å². The molecule has 1 heterocycles. The van der Waals surface area contributed by atoms with Gasteiger partial charge in [0.1, 0.15) is 5.75 Å². The monoisotopic (exact) mass is 480 g/mol. The first-order valence-electron chi connectivity index (χ1n) is 10.5. The van der Waals surface area contributed by atoms with Crippen molar-refractivity contribution in [1.82, 2.24) is 5.43 Å². The number of allylic oxidation sites excluding steroid dienone is 1. The minimum atomic E-state index is -4.35. The number of hydrazine groups is 1. The molecule has 178 valence electrons. The van der Waals surface area contributed by atoms with Crippen molar-refractivity contribution in [2.75, 3.05) is 24.0 Å². The Morgan fingerprint density at radius 2 is 1.85 bits per heavy atom. The summed E-state index contributed by atoms with van der Waals surface area (Å²) in [6.45, 7) is 7.84. The molecule has 0 aromatic heterocycles. The zero-order valence-electron chi connectivity index (χ0n) is 19.0. The molecule has 5 nitrogen and oxygen atoms in total. The minimum absolute atomic E-state index is 0.0491. The number of thioether (sulfide) groups is 1. The Hall–Kier alpha value is -2.65. The Labute approximate surface area is 195 Å².